The van der Waals surface area contributed by atoms with Crippen LogP contribution in [0.5, 0.6) is 0 Å². The van der Waals surface area contributed by atoms with Crippen LogP contribution in [0.3, 0.4) is 0 Å². The number of hydrogen-bond acceptors (Lipinski definition) is 4. The van der Waals surface area contributed by atoms with Crippen LogP contribution in [0.4, 0.5) is 0 Å². The van der Waals surface area contributed by atoms with E-state index in [9.17, 15) is 4.79 Å². The number of nitrogens with one attached hydrogen (secondary N) is 2. The highest BCUT2D eigenvalue weighted by Gasteiger charge is 2.25. The number of hydrogen-bond donors (Lipinski definition) is 2. The molecule has 1 atom stereocenters. The molecule has 1 fully saturated rings. The smallest absolute Gasteiger partial charge is 0.251 e. The number of ether oxygens (including phenoxy) is 1. The second-order valence-corrected chi connectivity index (χ2v) is 8.56. The minimum atomic E-state index is -0.269. The number of benzene rings is 1. The lowest BCUT2D eigenvalue weighted by Gasteiger charge is -2.34. The SMILES string of the molecule is CN=C(NCc1cccc(C(=O)NC(C)(C)C)c1)N1CCOC(c2cnn(C)c2)C1. The van der Waals surface area contributed by atoms with Gasteiger partial charge in [0.05, 0.1) is 19.3 Å². The lowest BCUT2D eigenvalue weighted by atomic mass is 10.1. The highest BCUT2D eigenvalue weighted by molar-refractivity contribution is 5.94. The highest BCUT2D eigenvalue weighted by atomic mass is 16.5. The van der Waals surface area contributed by atoms with Crippen LogP contribution < -0.4 is 10.6 Å². The number of morpholine rings is 1. The zero-order valence-corrected chi connectivity index (χ0v) is 18.5. The Kier molecular flexibility index (Phi) is 6.77. The summed E-state index contributed by atoms with van der Waals surface area (Å²) in [6.07, 6.45) is 3.80. The number of carbonyl (C=O) groups is 1. The normalized spacial score (nSPS) is 17.7. The van der Waals surface area contributed by atoms with Gasteiger partial charge in [0.15, 0.2) is 5.96 Å². The van der Waals surface area contributed by atoms with Crippen molar-refractivity contribution < 1.29 is 9.53 Å². The Labute approximate surface area is 178 Å². The van der Waals surface area contributed by atoms with Gasteiger partial charge < -0.3 is 20.3 Å². The predicted octanol–water partition coefficient (Wildman–Crippen LogP) is 2.10. The first-order valence-electron chi connectivity index (χ1n) is 10.2. The van der Waals surface area contributed by atoms with Crippen LogP contribution in [-0.2, 0) is 18.3 Å². The zero-order valence-electron chi connectivity index (χ0n) is 18.5. The number of nitrogens with zero attached hydrogens (tertiary/aromatic N) is 4. The molecule has 1 aromatic heterocycles. The van der Waals surface area contributed by atoms with Gasteiger partial charge in [0, 0.05) is 50.0 Å². The molecule has 8 heteroatoms. The maximum Gasteiger partial charge on any atom is 0.251 e. The fourth-order valence-corrected chi connectivity index (χ4v) is 3.40. The molecule has 0 aliphatic carbocycles. The van der Waals surface area contributed by atoms with E-state index in [1.807, 2.05) is 64.5 Å². The molecular weight excluding hydrogens is 380 g/mol. The van der Waals surface area contributed by atoms with Gasteiger partial charge in [-0.2, -0.15) is 5.10 Å². The second kappa shape index (κ2) is 9.30. The number of rotatable bonds is 4. The number of aryl methyl sites for hydroxylation is 1. The lowest BCUT2D eigenvalue weighted by Crippen LogP contribution is -2.47. The van der Waals surface area contributed by atoms with Gasteiger partial charge in [-0.25, -0.2) is 0 Å². The van der Waals surface area contributed by atoms with Gasteiger partial charge in [0.1, 0.15) is 6.10 Å². The van der Waals surface area contributed by atoms with E-state index in [0.29, 0.717) is 25.3 Å². The van der Waals surface area contributed by atoms with Crippen molar-refractivity contribution in [2.75, 3.05) is 26.7 Å². The molecule has 2 N–H and O–H groups in total. The number of guanidine groups is 1. The Balaban J connectivity index is 1.61. The van der Waals surface area contributed by atoms with Crippen LogP contribution in [-0.4, -0.2) is 58.8 Å². The van der Waals surface area contributed by atoms with Crippen molar-refractivity contribution in [2.24, 2.45) is 12.0 Å². The minimum absolute atomic E-state index is 0.0320. The number of aromatic nitrogens is 2. The maximum atomic E-state index is 12.4. The third-order valence-electron chi connectivity index (χ3n) is 4.80. The van der Waals surface area contributed by atoms with E-state index in [4.69, 9.17) is 4.74 Å². The Bertz CT molecular complexity index is 899. The summed E-state index contributed by atoms with van der Waals surface area (Å²) in [6, 6.07) is 7.66. The monoisotopic (exact) mass is 412 g/mol. The van der Waals surface area contributed by atoms with Gasteiger partial charge in [0.25, 0.3) is 5.91 Å². The van der Waals surface area contributed by atoms with Crippen LogP contribution >= 0.6 is 0 Å². The fraction of sp³-hybridized carbons (Fsp3) is 0.500. The van der Waals surface area contributed by atoms with Crippen molar-refractivity contribution in [1.29, 1.82) is 0 Å². The van der Waals surface area contributed by atoms with E-state index < -0.39 is 0 Å². The third-order valence-corrected chi connectivity index (χ3v) is 4.80. The van der Waals surface area contributed by atoms with Gasteiger partial charge in [-0.1, -0.05) is 12.1 Å². The summed E-state index contributed by atoms with van der Waals surface area (Å²) in [4.78, 5) is 19.1. The number of aliphatic imine (C=N–C) groups is 1. The van der Waals surface area contributed by atoms with Gasteiger partial charge in [-0.15, -0.1) is 0 Å². The molecule has 1 aromatic carbocycles. The van der Waals surface area contributed by atoms with Crippen molar-refractivity contribution in [3.63, 3.8) is 0 Å². The predicted molar refractivity (Wildman–Crippen MR) is 117 cm³/mol. The van der Waals surface area contributed by atoms with Crippen LogP contribution in [0.2, 0.25) is 0 Å². The highest BCUT2D eigenvalue weighted by Crippen LogP contribution is 2.21. The summed E-state index contributed by atoms with van der Waals surface area (Å²) < 4.78 is 7.71. The van der Waals surface area contributed by atoms with Crippen LogP contribution in [0.15, 0.2) is 41.7 Å². The van der Waals surface area contributed by atoms with E-state index in [0.717, 1.165) is 23.6 Å². The Morgan fingerprint density at radius 3 is 2.83 bits per heavy atom. The molecule has 1 aliphatic rings. The van der Waals surface area contributed by atoms with Crippen LogP contribution in [0.1, 0.15) is 48.4 Å². The molecule has 8 nitrogen and oxygen atoms in total. The summed E-state index contributed by atoms with van der Waals surface area (Å²) in [6.45, 7) is 8.61. The average Bonchev–Trinajstić information content (AvgIpc) is 3.14. The van der Waals surface area contributed by atoms with Crippen molar-refractivity contribution in [2.45, 2.75) is 39.0 Å². The van der Waals surface area contributed by atoms with Crippen molar-refractivity contribution in [3.05, 3.63) is 53.3 Å². The quantitative estimate of drug-likeness (QED) is 0.594. The molecule has 1 aliphatic heterocycles. The summed E-state index contributed by atoms with van der Waals surface area (Å²) in [5, 5.41) is 10.7. The van der Waals surface area contributed by atoms with Crippen molar-refractivity contribution >= 4 is 11.9 Å². The molecule has 0 bridgehead atoms. The van der Waals surface area contributed by atoms with Gasteiger partial charge in [-0.3, -0.25) is 14.5 Å². The van der Waals surface area contributed by atoms with E-state index in [1.165, 1.54) is 0 Å². The summed E-state index contributed by atoms with van der Waals surface area (Å²) in [5.74, 6) is 0.748. The number of amides is 1. The summed E-state index contributed by atoms with van der Waals surface area (Å²) in [7, 11) is 3.69. The Hall–Kier alpha value is -2.87. The van der Waals surface area contributed by atoms with Crippen LogP contribution in [0, 0.1) is 0 Å². The standard InChI is InChI=1S/C22H32N6O2/c1-22(2,3)26-20(29)17-8-6-7-16(11-17)12-24-21(23-4)28-9-10-30-19(15-28)18-13-25-27(5)14-18/h6-8,11,13-14,19H,9-10,12,15H2,1-5H3,(H,23,24)(H,26,29). The van der Waals surface area contributed by atoms with E-state index in [1.54, 1.807) is 11.7 Å². The number of carbonyl (C=O) groups excluding carboxylic acids is 1. The molecule has 30 heavy (non-hydrogen) atoms. The molecule has 2 aromatic rings. The van der Waals surface area contributed by atoms with Crippen molar-refractivity contribution in [1.82, 2.24) is 25.3 Å². The molecular formula is C22H32N6O2. The van der Waals surface area contributed by atoms with Gasteiger partial charge in [-0.05, 0) is 38.5 Å². The third kappa shape index (κ3) is 5.82. The van der Waals surface area contributed by atoms with Gasteiger partial charge >= 0.3 is 0 Å². The van der Waals surface area contributed by atoms with E-state index >= 15 is 0 Å². The summed E-state index contributed by atoms with van der Waals surface area (Å²) in [5.41, 5.74) is 2.47. The first-order valence-corrected chi connectivity index (χ1v) is 10.2. The topological polar surface area (TPSA) is 83.8 Å². The maximum absolute atomic E-state index is 12.4. The lowest BCUT2D eigenvalue weighted by molar-refractivity contribution is -0.00805. The molecule has 1 amide bonds. The largest absolute Gasteiger partial charge is 0.370 e. The molecule has 0 radical (unpaired) electrons. The van der Waals surface area contributed by atoms with Crippen molar-refractivity contribution in [3.8, 4) is 0 Å². The second-order valence-electron chi connectivity index (χ2n) is 8.56. The van der Waals surface area contributed by atoms with E-state index in [2.05, 4.69) is 25.6 Å². The Morgan fingerprint density at radius 2 is 2.17 bits per heavy atom. The zero-order chi connectivity index (χ0) is 21.7. The first kappa shape index (κ1) is 21.8. The molecule has 1 unspecified atom stereocenters. The molecule has 0 saturated carbocycles. The minimum Gasteiger partial charge on any atom is -0.370 e. The molecule has 2 heterocycles. The van der Waals surface area contributed by atoms with E-state index in [-0.39, 0.29) is 17.6 Å². The van der Waals surface area contributed by atoms with Gasteiger partial charge in [0.2, 0.25) is 0 Å². The summed E-state index contributed by atoms with van der Waals surface area (Å²) >= 11 is 0. The Morgan fingerprint density at radius 1 is 1.37 bits per heavy atom. The van der Waals surface area contributed by atoms with Crippen LogP contribution in [0.25, 0.3) is 0 Å². The first-order chi connectivity index (χ1) is 14.2. The fourth-order valence-electron chi connectivity index (χ4n) is 3.40. The molecule has 0 spiro atoms. The molecule has 1 saturated heterocycles. The average molecular weight is 413 g/mol. The molecule has 3 rings (SSSR count). The molecule has 162 valence electrons.